The molecule has 15 heavy (non-hydrogen) atoms. The van der Waals surface area contributed by atoms with Gasteiger partial charge in [-0.25, -0.2) is 0 Å². The third-order valence-electron chi connectivity index (χ3n) is 3.25. The Morgan fingerprint density at radius 3 is 2.07 bits per heavy atom. The number of hydrogen-bond donors (Lipinski definition) is 0. The summed E-state index contributed by atoms with van der Waals surface area (Å²) in [6, 6.07) is 0. The second-order valence-electron chi connectivity index (χ2n) is 6.16. The van der Waals surface area contributed by atoms with Gasteiger partial charge < -0.3 is 9.80 Å². The largest absolute Gasteiger partial charge is 0.304 e. The van der Waals surface area contributed by atoms with E-state index in [1.165, 1.54) is 52.0 Å². The van der Waals surface area contributed by atoms with E-state index >= 15 is 0 Å². The van der Waals surface area contributed by atoms with Crippen molar-refractivity contribution in [2.24, 2.45) is 5.41 Å². The molecule has 0 spiro atoms. The minimum absolute atomic E-state index is 0.516. The first-order valence-corrected chi connectivity index (χ1v) is 6.38. The van der Waals surface area contributed by atoms with Gasteiger partial charge in [0.25, 0.3) is 0 Å². The maximum atomic E-state index is 2.61. The molecule has 0 saturated carbocycles. The van der Waals surface area contributed by atoms with Crippen molar-refractivity contribution in [1.29, 1.82) is 0 Å². The summed E-state index contributed by atoms with van der Waals surface area (Å²) < 4.78 is 0. The molecule has 0 N–H and O–H groups in total. The molecule has 1 aliphatic heterocycles. The van der Waals surface area contributed by atoms with Crippen LogP contribution in [-0.2, 0) is 0 Å². The number of rotatable bonds is 4. The van der Waals surface area contributed by atoms with Crippen molar-refractivity contribution in [3.05, 3.63) is 0 Å². The van der Waals surface area contributed by atoms with Crippen molar-refractivity contribution < 1.29 is 0 Å². The fourth-order valence-corrected chi connectivity index (χ4v) is 2.06. The fraction of sp³-hybridized carbons (Fsp3) is 1.00. The maximum absolute atomic E-state index is 2.61. The molecular formula is C13H28N2. The van der Waals surface area contributed by atoms with Crippen molar-refractivity contribution in [3.63, 3.8) is 0 Å². The molecule has 2 nitrogen and oxygen atoms in total. The lowest BCUT2D eigenvalue weighted by atomic mass is 9.90. The summed E-state index contributed by atoms with van der Waals surface area (Å²) in [6.07, 6.45) is 4.12. The first-order valence-electron chi connectivity index (χ1n) is 6.38. The van der Waals surface area contributed by atoms with Crippen LogP contribution in [0.15, 0.2) is 0 Å². The Labute approximate surface area is 95.6 Å². The quantitative estimate of drug-likeness (QED) is 0.661. The summed E-state index contributed by atoms with van der Waals surface area (Å²) >= 11 is 0. The van der Waals surface area contributed by atoms with Gasteiger partial charge >= 0.3 is 0 Å². The molecule has 0 atom stereocenters. The zero-order chi connectivity index (χ0) is 11.3. The Bertz CT molecular complexity index is 164. The van der Waals surface area contributed by atoms with Crippen LogP contribution in [0.3, 0.4) is 0 Å². The topological polar surface area (TPSA) is 6.48 Å². The van der Waals surface area contributed by atoms with Gasteiger partial charge in [0.15, 0.2) is 0 Å². The van der Waals surface area contributed by atoms with Gasteiger partial charge in [0.1, 0.15) is 0 Å². The summed E-state index contributed by atoms with van der Waals surface area (Å²) in [5.41, 5.74) is 0.516. The zero-order valence-electron chi connectivity index (χ0n) is 11.1. The molecule has 1 heterocycles. The van der Waals surface area contributed by atoms with Gasteiger partial charge in [-0.05, 0) is 31.8 Å². The van der Waals surface area contributed by atoms with Crippen LogP contribution in [0.5, 0.6) is 0 Å². The SMILES string of the molecule is CN1CCN(CCCCC(C)(C)C)CC1. The number of hydrogen-bond acceptors (Lipinski definition) is 2. The van der Waals surface area contributed by atoms with E-state index in [0.29, 0.717) is 5.41 Å². The van der Waals surface area contributed by atoms with Gasteiger partial charge in [-0.3, -0.25) is 0 Å². The highest BCUT2D eigenvalue weighted by molar-refractivity contribution is 4.69. The normalized spacial score (nSPS) is 20.8. The minimum Gasteiger partial charge on any atom is -0.304 e. The van der Waals surface area contributed by atoms with Gasteiger partial charge in [0.05, 0.1) is 0 Å². The molecule has 0 aliphatic carbocycles. The van der Waals surface area contributed by atoms with Crippen LogP contribution in [0.1, 0.15) is 40.0 Å². The first kappa shape index (κ1) is 13.0. The van der Waals surface area contributed by atoms with E-state index in [9.17, 15) is 0 Å². The third-order valence-corrected chi connectivity index (χ3v) is 3.25. The van der Waals surface area contributed by atoms with Gasteiger partial charge in [-0.15, -0.1) is 0 Å². The second kappa shape index (κ2) is 5.86. The summed E-state index contributed by atoms with van der Waals surface area (Å²) in [6.45, 7) is 13.4. The van der Waals surface area contributed by atoms with Crippen molar-refractivity contribution in [3.8, 4) is 0 Å². The molecule has 0 unspecified atom stereocenters. The Morgan fingerprint density at radius 1 is 0.933 bits per heavy atom. The molecule has 0 aromatic heterocycles. The lowest BCUT2D eigenvalue weighted by Gasteiger charge is -2.32. The van der Waals surface area contributed by atoms with E-state index in [2.05, 4.69) is 37.6 Å². The summed E-state index contributed by atoms with van der Waals surface area (Å²) in [5.74, 6) is 0. The van der Waals surface area contributed by atoms with Gasteiger partial charge in [-0.1, -0.05) is 27.2 Å². The highest BCUT2D eigenvalue weighted by atomic mass is 15.2. The molecule has 1 saturated heterocycles. The molecule has 0 aromatic carbocycles. The lowest BCUT2D eigenvalue weighted by Crippen LogP contribution is -2.44. The zero-order valence-corrected chi connectivity index (χ0v) is 11.1. The predicted octanol–water partition coefficient (Wildman–Crippen LogP) is 2.45. The van der Waals surface area contributed by atoms with E-state index < -0.39 is 0 Å². The van der Waals surface area contributed by atoms with Crippen LogP contribution >= 0.6 is 0 Å². The van der Waals surface area contributed by atoms with E-state index in [1.54, 1.807) is 0 Å². The van der Waals surface area contributed by atoms with Crippen LogP contribution in [0.2, 0.25) is 0 Å². The van der Waals surface area contributed by atoms with E-state index in [0.717, 1.165) is 0 Å². The summed E-state index contributed by atoms with van der Waals surface area (Å²) in [7, 11) is 2.22. The van der Waals surface area contributed by atoms with Gasteiger partial charge in [0.2, 0.25) is 0 Å². The van der Waals surface area contributed by atoms with Crippen LogP contribution < -0.4 is 0 Å². The summed E-state index contributed by atoms with van der Waals surface area (Å²) in [4.78, 5) is 5.04. The Morgan fingerprint density at radius 2 is 1.53 bits per heavy atom. The number of nitrogens with zero attached hydrogens (tertiary/aromatic N) is 2. The maximum Gasteiger partial charge on any atom is 0.0110 e. The van der Waals surface area contributed by atoms with Crippen molar-refractivity contribution in [1.82, 2.24) is 9.80 Å². The molecule has 2 heteroatoms. The molecule has 0 aromatic rings. The van der Waals surface area contributed by atoms with Crippen LogP contribution in [0.4, 0.5) is 0 Å². The van der Waals surface area contributed by atoms with Crippen LogP contribution in [0.25, 0.3) is 0 Å². The lowest BCUT2D eigenvalue weighted by molar-refractivity contribution is 0.150. The van der Waals surface area contributed by atoms with Crippen molar-refractivity contribution >= 4 is 0 Å². The second-order valence-corrected chi connectivity index (χ2v) is 6.16. The smallest absolute Gasteiger partial charge is 0.0110 e. The fourth-order valence-electron chi connectivity index (χ4n) is 2.06. The van der Waals surface area contributed by atoms with E-state index in [-0.39, 0.29) is 0 Å². The van der Waals surface area contributed by atoms with Crippen molar-refractivity contribution in [2.75, 3.05) is 39.8 Å². The molecule has 0 radical (unpaired) electrons. The molecule has 0 bridgehead atoms. The highest BCUT2D eigenvalue weighted by Gasteiger charge is 2.14. The molecule has 1 aliphatic rings. The van der Waals surface area contributed by atoms with Crippen molar-refractivity contribution in [2.45, 2.75) is 40.0 Å². The minimum atomic E-state index is 0.516. The van der Waals surface area contributed by atoms with Gasteiger partial charge in [0, 0.05) is 26.2 Å². The van der Waals surface area contributed by atoms with E-state index in [4.69, 9.17) is 0 Å². The molecule has 90 valence electrons. The Hall–Kier alpha value is -0.0800. The average molecular weight is 212 g/mol. The van der Waals surface area contributed by atoms with Crippen LogP contribution in [-0.4, -0.2) is 49.6 Å². The first-order chi connectivity index (χ1) is 6.97. The van der Waals surface area contributed by atoms with E-state index in [1.807, 2.05) is 0 Å². The summed E-state index contributed by atoms with van der Waals surface area (Å²) in [5, 5.41) is 0. The number of unbranched alkanes of at least 4 members (excludes halogenated alkanes) is 1. The standard InChI is InChI=1S/C13H28N2/c1-13(2,3)7-5-6-8-15-11-9-14(4)10-12-15/h5-12H2,1-4H3. The Balaban J connectivity index is 2.01. The highest BCUT2D eigenvalue weighted by Crippen LogP contribution is 2.21. The molecule has 0 amide bonds. The van der Waals surface area contributed by atoms with Gasteiger partial charge in [-0.2, -0.15) is 0 Å². The number of piperazine rings is 1. The average Bonchev–Trinajstić information content (AvgIpc) is 2.14. The number of likely N-dealkylation sites (N-methyl/N-ethyl adjacent to an activating group) is 1. The third kappa shape index (κ3) is 6.16. The monoisotopic (exact) mass is 212 g/mol. The molecule has 1 fully saturated rings. The predicted molar refractivity (Wildman–Crippen MR) is 67.2 cm³/mol. The molecular weight excluding hydrogens is 184 g/mol. The molecule has 1 rings (SSSR count). The van der Waals surface area contributed by atoms with Crippen LogP contribution in [0, 0.1) is 5.41 Å². The Kier molecular flexibility index (Phi) is 5.07.